The van der Waals surface area contributed by atoms with Crippen LogP contribution in [0.5, 0.6) is 0 Å². The molecule has 4 heteroatoms. The first-order valence-corrected chi connectivity index (χ1v) is 10.4. The molecular weight excluding hydrogens is 328 g/mol. The second-order valence-electron chi connectivity index (χ2n) is 7.46. The van der Waals surface area contributed by atoms with Crippen LogP contribution < -0.4 is 0 Å². The molecule has 2 unspecified atom stereocenters. The minimum absolute atomic E-state index is 0.109. The molecule has 0 saturated carbocycles. The summed E-state index contributed by atoms with van der Waals surface area (Å²) in [7, 11) is 0. The Morgan fingerprint density at radius 2 is 1.08 bits per heavy atom. The van der Waals surface area contributed by atoms with Gasteiger partial charge in [-0.1, -0.05) is 56.4 Å². The van der Waals surface area contributed by atoms with Gasteiger partial charge in [-0.25, -0.2) is 0 Å². The van der Waals surface area contributed by atoms with Crippen molar-refractivity contribution in [2.45, 2.75) is 89.9 Å². The Morgan fingerprint density at radius 3 is 1.73 bits per heavy atom. The average Bonchev–Trinajstić information content (AvgIpc) is 2.64. The summed E-state index contributed by atoms with van der Waals surface area (Å²) in [5, 5.41) is 17.8. The van der Waals surface area contributed by atoms with E-state index in [-0.39, 0.29) is 11.8 Å². The molecule has 0 aliphatic heterocycles. The number of rotatable bonds is 2. The van der Waals surface area contributed by atoms with E-state index in [4.69, 9.17) is 10.2 Å². The number of aliphatic carboxylic acids is 2. The predicted molar refractivity (Wildman–Crippen MR) is 105 cm³/mol. The minimum Gasteiger partial charge on any atom is -0.481 e. The molecule has 0 saturated heterocycles. The first kappa shape index (κ1) is 22.5. The SMILES string of the molecule is O=C(O)C1CC=CCCCCCC1.O=C(O)C1CCC=CCCCCC1. The fraction of sp³-hybridized carbons (Fsp3) is 0.727. The molecule has 0 spiro atoms. The third-order valence-electron chi connectivity index (χ3n) is 5.23. The van der Waals surface area contributed by atoms with Gasteiger partial charge in [0.1, 0.15) is 0 Å². The van der Waals surface area contributed by atoms with Gasteiger partial charge in [-0.15, -0.1) is 0 Å². The number of carboxylic acids is 2. The zero-order chi connectivity index (χ0) is 19.0. The molecule has 0 amide bonds. The number of hydrogen-bond donors (Lipinski definition) is 2. The fourth-order valence-corrected chi connectivity index (χ4v) is 3.48. The van der Waals surface area contributed by atoms with Gasteiger partial charge in [0.05, 0.1) is 11.8 Å². The Bertz CT molecular complexity index is 453. The molecule has 0 aromatic rings. The molecule has 2 N–H and O–H groups in total. The van der Waals surface area contributed by atoms with Crippen molar-refractivity contribution < 1.29 is 19.8 Å². The van der Waals surface area contributed by atoms with Gasteiger partial charge in [0, 0.05) is 0 Å². The Balaban J connectivity index is 0.000000260. The zero-order valence-electron chi connectivity index (χ0n) is 16.1. The molecule has 148 valence electrons. The highest BCUT2D eigenvalue weighted by Gasteiger charge is 2.16. The molecule has 2 rings (SSSR count). The van der Waals surface area contributed by atoms with Crippen LogP contribution in [0.4, 0.5) is 0 Å². The summed E-state index contributed by atoms with van der Waals surface area (Å²) >= 11 is 0. The molecule has 0 aromatic carbocycles. The molecule has 2 aliphatic carbocycles. The van der Waals surface area contributed by atoms with Crippen molar-refractivity contribution in [1.82, 2.24) is 0 Å². The maximum absolute atomic E-state index is 10.8. The molecular formula is C22H36O4. The molecule has 0 heterocycles. The van der Waals surface area contributed by atoms with Gasteiger partial charge in [-0.05, 0) is 57.8 Å². The van der Waals surface area contributed by atoms with Crippen LogP contribution >= 0.6 is 0 Å². The van der Waals surface area contributed by atoms with E-state index in [0.717, 1.165) is 57.8 Å². The van der Waals surface area contributed by atoms with Gasteiger partial charge >= 0.3 is 11.9 Å². The molecule has 26 heavy (non-hydrogen) atoms. The lowest BCUT2D eigenvalue weighted by atomic mass is 9.95. The molecule has 2 atom stereocenters. The lowest BCUT2D eigenvalue weighted by Gasteiger charge is -2.11. The monoisotopic (exact) mass is 364 g/mol. The minimum atomic E-state index is -0.634. The summed E-state index contributed by atoms with van der Waals surface area (Å²) in [6.45, 7) is 0. The van der Waals surface area contributed by atoms with Crippen molar-refractivity contribution in [1.29, 1.82) is 0 Å². The Hall–Kier alpha value is -1.58. The summed E-state index contributed by atoms with van der Waals surface area (Å²) < 4.78 is 0. The van der Waals surface area contributed by atoms with Crippen LogP contribution in [0.15, 0.2) is 24.3 Å². The third kappa shape index (κ3) is 11.1. The molecule has 4 nitrogen and oxygen atoms in total. The first-order valence-electron chi connectivity index (χ1n) is 10.4. The topological polar surface area (TPSA) is 74.6 Å². The number of carbonyl (C=O) groups is 2. The Labute approximate surface area is 158 Å². The van der Waals surface area contributed by atoms with Crippen LogP contribution in [0.2, 0.25) is 0 Å². The standard InChI is InChI=1S/2C11H18O2/c2*12-11(13)10-8-6-4-2-1-3-5-7-9-10/h4,6,10H,1-3,5,7-9H2,(H,12,13);2,4,10H,1,3,5-9H2,(H,12,13). The highest BCUT2D eigenvalue weighted by Crippen LogP contribution is 2.19. The molecule has 0 bridgehead atoms. The zero-order valence-corrected chi connectivity index (χ0v) is 16.1. The largest absolute Gasteiger partial charge is 0.481 e. The summed E-state index contributed by atoms with van der Waals surface area (Å²) in [6, 6.07) is 0. The summed E-state index contributed by atoms with van der Waals surface area (Å²) in [5.74, 6) is -1.50. The molecule has 2 aliphatic rings. The van der Waals surface area contributed by atoms with Gasteiger partial charge in [0.15, 0.2) is 0 Å². The first-order chi connectivity index (χ1) is 12.6. The quantitative estimate of drug-likeness (QED) is 0.591. The van der Waals surface area contributed by atoms with E-state index in [1.165, 1.54) is 32.1 Å². The van der Waals surface area contributed by atoms with Crippen LogP contribution in [-0.4, -0.2) is 22.2 Å². The Morgan fingerprint density at radius 1 is 0.577 bits per heavy atom. The van der Waals surface area contributed by atoms with Gasteiger partial charge < -0.3 is 10.2 Å². The van der Waals surface area contributed by atoms with E-state index in [2.05, 4.69) is 18.2 Å². The molecule has 0 radical (unpaired) electrons. The van der Waals surface area contributed by atoms with E-state index in [1.807, 2.05) is 6.08 Å². The van der Waals surface area contributed by atoms with Crippen LogP contribution in [0.3, 0.4) is 0 Å². The summed E-state index contributed by atoms with van der Waals surface area (Å²) in [6.07, 6.45) is 23.1. The Kier molecular flexibility index (Phi) is 12.6. The van der Waals surface area contributed by atoms with Crippen molar-refractivity contribution in [3.8, 4) is 0 Å². The van der Waals surface area contributed by atoms with Crippen molar-refractivity contribution in [3.63, 3.8) is 0 Å². The van der Waals surface area contributed by atoms with Crippen LogP contribution in [0.1, 0.15) is 89.9 Å². The van der Waals surface area contributed by atoms with E-state index >= 15 is 0 Å². The fourth-order valence-electron chi connectivity index (χ4n) is 3.48. The van der Waals surface area contributed by atoms with E-state index in [0.29, 0.717) is 0 Å². The maximum atomic E-state index is 10.8. The second-order valence-corrected chi connectivity index (χ2v) is 7.46. The third-order valence-corrected chi connectivity index (χ3v) is 5.23. The molecule has 0 aromatic heterocycles. The molecule has 0 fully saturated rings. The van der Waals surface area contributed by atoms with Gasteiger partial charge in [0.2, 0.25) is 0 Å². The van der Waals surface area contributed by atoms with E-state index in [9.17, 15) is 9.59 Å². The van der Waals surface area contributed by atoms with Gasteiger partial charge in [-0.2, -0.15) is 0 Å². The number of hydrogen-bond acceptors (Lipinski definition) is 2. The van der Waals surface area contributed by atoms with Crippen LogP contribution in [0.25, 0.3) is 0 Å². The van der Waals surface area contributed by atoms with Crippen LogP contribution in [0, 0.1) is 11.8 Å². The predicted octanol–water partition coefficient (Wildman–Crippen LogP) is 5.98. The van der Waals surface area contributed by atoms with Crippen LogP contribution in [-0.2, 0) is 9.59 Å². The van der Waals surface area contributed by atoms with E-state index in [1.54, 1.807) is 0 Å². The van der Waals surface area contributed by atoms with Crippen molar-refractivity contribution in [3.05, 3.63) is 24.3 Å². The van der Waals surface area contributed by atoms with E-state index < -0.39 is 11.9 Å². The van der Waals surface area contributed by atoms with Gasteiger partial charge in [0.25, 0.3) is 0 Å². The lowest BCUT2D eigenvalue weighted by Crippen LogP contribution is -2.13. The average molecular weight is 365 g/mol. The van der Waals surface area contributed by atoms with Crippen molar-refractivity contribution >= 4 is 11.9 Å². The normalized spacial score (nSPS) is 25.4. The smallest absolute Gasteiger partial charge is 0.306 e. The summed E-state index contributed by atoms with van der Waals surface area (Å²) in [4.78, 5) is 21.6. The van der Waals surface area contributed by atoms with Crippen molar-refractivity contribution in [2.24, 2.45) is 11.8 Å². The highest BCUT2D eigenvalue weighted by atomic mass is 16.4. The highest BCUT2D eigenvalue weighted by molar-refractivity contribution is 5.70. The lowest BCUT2D eigenvalue weighted by molar-refractivity contribution is -0.143. The summed E-state index contributed by atoms with van der Waals surface area (Å²) in [5.41, 5.74) is 0. The number of allylic oxidation sites excluding steroid dienone is 4. The maximum Gasteiger partial charge on any atom is 0.306 e. The second kappa shape index (κ2) is 14.6. The van der Waals surface area contributed by atoms with Crippen molar-refractivity contribution in [2.75, 3.05) is 0 Å². The number of carboxylic acid groups (broad SMARTS) is 2. The van der Waals surface area contributed by atoms with Gasteiger partial charge in [-0.3, -0.25) is 9.59 Å².